The summed E-state index contributed by atoms with van der Waals surface area (Å²) in [7, 11) is 0. The molecule has 1 unspecified atom stereocenters. The summed E-state index contributed by atoms with van der Waals surface area (Å²) in [4.78, 5) is 10.4. The van der Waals surface area contributed by atoms with E-state index in [0.717, 1.165) is 25.7 Å². The summed E-state index contributed by atoms with van der Waals surface area (Å²) in [5, 5.41) is 26.3. The first-order valence-electron chi connectivity index (χ1n) is 9.20. The third kappa shape index (κ3) is 19.9. The van der Waals surface area contributed by atoms with Gasteiger partial charge >= 0.3 is 24.8 Å². The summed E-state index contributed by atoms with van der Waals surface area (Å²) >= 11 is 0. The number of rotatable bonds is 17. The predicted octanol–water partition coefficient (Wildman–Crippen LogP) is 1.39. The zero-order valence-corrected chi connectivity index (χ0v) is 15.1. The van der Waals surface area contributed by atoms with Gasteiger partial charge in [-0.2, -0.15) is 0 Å². The second-order valence-corrected chi connectivity index (χ2v) is 6.32. The Balaban J connectivity index is -0.00000220. The number of hydrogen-bond donors (Lipinski definition) is 3. The third-order valence-corrected chi connectivity index (χ3v) is 4.17. The second-order valence-electron chi connectivity index (χ2n) is 6.32. The molecule has 0 bridgehead atoms. The van der Waals surface area contributed by atoms with Crippen molar-refractivity contribution in [3.63, 3.8) is 0 Å². The Bertz CT molecular complexity index is 255. The van der Waals surface area contributed by atoms with E-state index >= 15 is 0 Å². The molecule has 0 rings (SSSR count). The average molecular weight is 324 g/mol. The first-order chi connectivity index (χ1) is 10.7. The van der Waals surface area contributed by atoms with Gasteiger partial charge in [-0.05, 0) is 12.8 Å². The van der Waals surface area contributed by atoms with Gasteiger partial charge in [0, 0.05) is 6.61 Å². The smallest absolute Gasteiger partial charge is 1.00 e. The Morgan fingerprint density at radius 3 is 1.30 bits per heavy atom. The molecule has 0 aromatic rings. The molecule has 0 aromatic heterocycles. The largest absolute Gasteiger partial charge is 1.00 e. The van der Waals surface area contributed by atoms with Crippen LogP contribution in [-0.2, 0) is 4.79 Å². The van der Waals surface area contributed by atoms with Crippen LogP contribution in [0.15, 0.2) is 0 Å². The molecule has 0 aromatic carbocycles. The number of aliphatic hydroxyl groups excluding tert-OH is 2. The minimum absolute atomic E-state index is 0. The zero-order chi connectivity index (χ0) is 16.5. The monoisotopic (exact) mass is 324 g/mol. The molecule has 0 fully saturated rings. The predicted molar refractivity (Wildman–Crippen MR) is 91.1 cm³/mol. The van der Waals surface area contributed by atoms with E-state index in [4.69, 9.17) is 15.3 Å². The van der Waals surface area contributed by atoms with Crippen LogP contribution in [0.4, 0.5) is 0 Å². The molecule has 0 aliphatic heterocycles. The number of carbonyl (C=O) groups is 1. The van der Waals surface area contributed by atoms with Crippen molar-refractivity contribution in [2.75, 3.05) is 6.61 Å². The van der Waals surface area contributed by atoms with E-state index in [1.54, 1.807) is 0 Å². The van der Waals surface area contributed by atoms with Crippen molar-refractivity contribution in [2.24, 2.45) is 0 Å². The number of hydrogen-bond acceptors (Lipinski definition) is 3. The van der Waals surface area contributed by atoms with Crippen LogP contribution in [0.1, 0.15) is 97.7 Å². The number of carboxylic acids is 1. The summed E-state index contributed by atoms with van der Waals surface area (Å²) in [5.41, 5.74) is 0. The van der Waals surface area contributed by atoms with E-state index < -0.39 is 12.1 Å². The van der Waals surface area contributed by atoms with Crippen molar-refractivity contribution >= 4 is 5.97 Å². The molecule has 0 heterocycles. The molecule has 0 aliphatic rings. The van der Waals surface area contributed by atoms with Crippen molar-refractivity contribution in [3.8, 4) is 0 Å². The maximum Gasteiger partial charge on any atom is 1.00 e. The van der Waals surface area contributed by atoms with Crippen molar-refractivity contribution in [1.82, 2.24) is 0 Å². The topological polar surface area (TPSA) is 77.8 Å². The Kier molecular flexibility index (Phi) is 22.0. The minimum atomic E-state index is -1.18. The zero-order valence-electron chi connectivity index (χ0n) is 16.1. The van der Waals surface area contributed by atoms with Gasteiger partial charge < -0.3 is 16.7 Å². The van der Waals surface area contributed by atoms with Crippen molar-refractivity contribution in [2.45, 2.75) is 102 Å². The minimum Gasteiger partial charge on any atom is -1.00 e. The van der Waals surface area contributed by atoms with Crippen LogP contribution in [0.3, 0.4) is 0 Å². The summed E-state index contributed by atoms with van der Waals surface area (Å²) in [6, 6.07) is 0. The molecule has 0 saturated carbocycles. The quantitative estimate of drug-likeness (QED) is 0.279. The molecule has 5 heteroatoms. The molecule has 4 nitrogen and oxygen atoms in total. The Labute approximate surface area is 155 Å². The van der Waals surface area contributed by atoms with E-state index in [9.17, 15) is 4.79 Å². The Morgan fingerprint density at radius 1 is 0.696 bits per heavy atom. The fourth-order valence-corrected chi connectivity index (χ4v) is 2.69. The SMILES string of the molecule is O=C(O)C(O)CCCCCCCCCCCCCCCCO.[H-].[Li+]. The maximum absolute atomic E-state index is 10.4. The molecule has 0 spiro atoms. The van der Waals surface area contributed by atoms with E-state index in [2.05, 4.69) is 0 Å². The number of unbranched alkanes of at least 4 members (excludes halogenated alkanes) is 13. The van der Waals surface area contributed by atoms with Gasteiger partial charge in [0.2, 0.25) is 0 Å². The van der Waals surface area contributed by atoms with Gasteiger partial charge in [-0.1, -0.05) is 83.5 Å². The van der Waals surface area contributed by atoms with Crippen LogP contribution in [0, 0.1) is 0 Å². The first-order valence-corrected chi connectivity index (χ1v) is 9.20. The number of carboxylic acid groups (broad SMARTS) is 1. The Morgan fingerprint density at radius 2 is 1.00 bits per heavy atom. The van der Waals surface area contributed by atoms with E-state index in [0.29, 0.717) is 13.0 Å². The molecule has 0 saturated heterocycles. The van der Waals surface area contributed by atoms with Gasteiger partial charge in [-0.25, -0.2) is 4.79 Å². The van der Waals surface area contributed by atoms with Crippen LogP contribution >= 0.6 is 0 Å². The summed E-state index contributed by atoms with van der Waals surface area (Å²) < 4.78 is 0. The molecule has 134 valence electrons. The van der Waals surface area contributed by atoms with Gasteiger partial charge in [-0.15, -0.1) is 0 Å². The molecule has 1 atom stereocenters. The fourth-order valence-electron chi connectivity index (χ4n) is 2.69. The van der Waals surface area contributed by atoms with Gasteiger partial charge in [0.05, 0.1) is 0 Å². The normalized spacial score (nSPS) is 11.9. The summed E-state index contributed by atoms with van der Waals surface area (Å²) in [6.45, 7) is 0.333. The van der Waals surface area contributed by atoms with Gasteiger partial charge in [0.25, 0.3) is 0 Å². The van der Waals surface area contributed by atoms with Gasteiger partial charge in [-0.3, -0.25) is 0 Å². The van der Waals surface area contributed by atoms with Crippen molar-refractivity contribution in [3.05, 3.63) is 0 Å². The van der Waals surface area contributed by atoms with Crippen molar-refractivity contribution < 1.29 is 40.4 Å². The van der Waals surface area contributed by atoms with Crippen LogP contribution in [-0.4, -0.2) is 34.0 Å². The van der Waals surface area contributed by atoms with Crippen LogP contribution in [0.5, 0.6) is 0 Å². The second kappa shape index (κ2) is 20.0. The third-order valence-electron chi connectivity index (χ3n) is 4.17. The van der Waals surface area contributed by atoms with E-state index in [1.165, 1.54) is 64.2 Å². The summed E-state index contributed by atoms with van der Waals surface area (Å²) in [6.07, 6.45) is 16.0. The van der Waals surface area contributed by atoms with Gasteiger partial charge in [0.15, 0.2) is 6.10 Å². The molecule has 23 heavy (non-hydrogen) atoms. The summed E-state index contributed by atoms with van der Waals surface area (Å²) in [5.74, 6) is -1.10. The van der Waals surface area contributed by atoms with Crippen LogP contribution < -0.4 is 18.9 Å². The molecule has 0 amide bonds. The first kappa shape index (κ1) is 25.2. The number of aliphatic carboxylic acids is 1. The molecular formula is C18H37LiO4. The molecule has 0 radical (unpaired) electrons. The van der Waals surface area contributed by atoms with Crippen LogP contribution in [0.2, 0.25) is 0 Å². The molecular weight excluding hydrogens is 287 g/mol. The average Bonchev–Trinajstić information content (AvgIpc) is 2.50. The molecule has 3 N–H and O–H groups in total. The van der Waals surface area contributed by atoms with Gasteiger partial charge in [0.1, 0.15) is 0 Å². The van der Waals surface area contributed by atoms with Crippen molar-refractivity contribution in [1.29, 1.82) is 0 Å². The number of aliphatic hydroxyl groups is 2. The van der Waals surface area contributed by atoms with E-state index in [-0.39, 0.29) is 20.3 Å². The van der Waals surface area contributed by atoms with E-state index in [1.807, 2.05) is 0 Å². The fraction of sp³-hybridized carbons (Fsp3) is 0.944. The Hall–Kier alpha value is -0.0126. The maximum atomic E-state index is 10.4. The van der Waals surface area contributed by atoms with Crippen LogP contribution in [0.25, 0.3) is 0 Å². The standard InChI is InChI=1S/C18H36O4.Li.H/c19-16-14-12-10-8-6-4-2-1-3-5-7-9-11-13-15-17(20)18(21)22;;/h17,19-20H,1-16H2,(H,21,22);;/q;+1;-1. The molecule has 0 aliphatic carbocycles.